The smallest absolute Gasteiger partial charge is 0.263 e. The van der Waals surface area contributed by atoms with E-state index in [2.05, 4.69) is 19.9 Å². The zero-order chi connectivity index (χ0) is 13.5. The molecule has 2 heterocycles. The van der Waals surface area contributed by atoms with Gasteiger partial charge in [0.15, 0.2) is 5.82 Å². The zero-order valence-electron chi connectivity index (χ0n) is 9.99. The van der Waals surface area contributed by atoms with Crippen LogP contribution in [0.15, 0.2) is 38.7 Å². The molecule has 1 aromatic carbocycles. The number of rotatable bonds is 2. The molecule has 0 saturated heterocycles. The molecular formula is C11H10N4O3S. The maximum absolute atomic E-state index is 11.8. The fraction of sp³-hybridized carbons (Fsp3) is 0.182. The minimum absolute atomic E-state index is 0.132. The first-order valence-electron chi connectivity index (χ1n) is 5.52. The van der Waals surface area contributed by atoms with E-state index in [-0.39, 0.29) is 11.4 Å². The van der Waals surface area contributed by atoms with Gasteiger partial charge >= 0.3 is 0 Å². The highest BCUT2D eigenvalue weighted by Crippen LogP contribution is 2.22. The molecule has 1 N–H and O–H groups in total. The summed E-state index contributed by atoms with van der Waals surface area (Å²) in [6.07, 6.45) is 0. The molecule has 0 radical (unpaired) electrons. The number of nitrogens with zero attached hydrogens (tertiary/aromatic N) is 3. The lowest BCUT2D eigenvalue weighted by Gasteiger charge is -1.96. The Morgan fingerprint density at radius 1 is 1.37 bits per heavy atom. The number of hydrogen-bond donors (Lipinski definition) is 1. The quantitative estimate of drug-likeness (QED) is 0.868. The van der Waals surface area contributed by atoms with Gasteiger partial charge < -0.3 is 4.52 Å². The van der Waals surface area contributed by atoms with Crippen LogP contribution in [-0.2, 0) is 16.6 Å². The molecule has 0 saturated carbocycles. The lowest BCUT2D eigenvalue weighted by molar-refractivity contribution is 0.376. The van der Waals surface area contributed by atoms with Crippen LogP contribution in [0.1, 0.15) is 17.3 Å². The molecule has 2 aromatic rings. The van der Waals surface area contributed by atoms with Gasteiger partial charge in [-0.1, -0.05) is 17.3 Å². The van der Waals surface area contributed by atoms with Crippen molar-refractivity contribution in [3.8, 4) is 0 Å². The van der Waals surface area contributed by atoms with Crippen molar-refractivity contribution in [2.75, 3.05) is 0 Å². The van der Waals surface area contributed by atoms with Crippen LogP contribution >= 0.6 is 0 Å². The van der Waals surface area contributed by atoms with E-state index in [4.69, 9.17) is 4.52 Å². The first kappa shape index (κ1) is 11.8. The lowest BCUT2D eigenvalue weighted by Crippen LogP contribution is -2.22. The van der Waals surface area contributed by atoms with E-state index in [1.165, 1.54) is 6.07 Å². The Bertz CT molecular complexity index is 764. The number of amidine groups is 1. The maximum atomic E-state index is 11.8. The molecule has 7 nitrogen and oxygen atoms in total. The first-order chi connectivity index (χ1) is 9.06. The Labute approximate surface area is 109 Å². The minimum Gasteiger partial charge on any atom is -0.337 e. The molecule has 0 fully saturated rings. The van der Waals surface area contributed by atoms with Crippen LogP contribution in [0.3, 0.4) is 0 Å². The number of fused-ring (bicyclic) bond motifs is 1. The van der Waals surface area contributed by atoms with Crippen LogP contribution in [0.5, 0.6) is 0 Å². The van der Waals surface area contributed by atoms with Gasteiger partial charge in [0.2, 0.25) is 5.89 Å². The highest BCUT2D eigenvalue weighted by molar-refractivity contribution is 7.90. The van der Waals surface area contributed by atoms with Gasteiger partial charge in [0.25, 0.3) is 10.0 Å². The highest BCUT2D eigenvalue weighted by Gasteiger charge is 2.30. The Balaban J connectivity index is 1.95. The van der Waals surface area contributed by atoms with Crippen LogP contribution < -0.4 is 4.72 Å². The number of aromatic nitrogens is 2. The van der Waals surface area contributed by atoms with Crippen molar-refractivity contribution < 1.29 is 12.9 Å². The molecule has 8 heteroatoms. The number of benzene rings is 1. The monoisotopic (exact) mass is 278 g/mol. The number of nitrogens with one attached hydrogen (secondary N) is 1. The molecule has 1 aliphatic heterocycles. The van der Waals surface area contributed by atoms with E-state index >= 15 is 0 Å². The third kappa shape index (κ3) is 2.10. The van der Waals surface area contributed by atoms with E-state index in [0.717, 1.165) is 0 Å². The van der Waals surface area contributed by atoms with Crippen LogP contribution in [0, 0.1) is 6.92 Å². The van der Waals surface area contributed by atoms with Crippen molar-refractivity contribution in [3.63, 3.8) is 0 Å². The van der Waals surface area contributed by atoms with Gasteiger partial charge in [0.1, 0.15) is 12.4 Å². The molecule has 19 heavy (non-hydrogen) atoms. The number of hydrogen-bond acceptors (Lipinski definition) is 6. The molecule has 1 aliphatic rings. The third-order valence-electron chi connectivity index (χ3n) is 2.60. The van der Waals surface area contributed by atoms with E-state index in [1.54, 1.807) is 25.1 Å². The second kappa shape index (κ2) is 4.16. The van der Waals surface area contributed by atoms with Crippen molar-refractivity contribution in [1.82, 2.24) is 14.9 Å². The summed E-state index contributed by atoms with van der Waals surface area (Å²) in [6.45, 7) is 1.83. The summed E-state index contributed by atoms with van der Waals surface area (Å²) in [5.41, 5.74) is 0.554. The summed E-state index contributed by atoms with van der Waals surface area (Å²) in [5.74, 6) is 1.16. The summed E-state index contributed by atoms with van der Waals surface area (Å²) in [5, 5.41) is 3.64. The summed E-state index contributed by atoms with van der Waals surface area (Å²) >= 11 is 0. The van der Waals surface area contributed by atoms with Crippen LogP contribution in [0.25, 0.3) is 0 Å². The molecule has 0 atom stereocenters. The van der Waals surface area contributed by atoms with Crippen LogP contribution in [-0.4, -0.2) is 24.4 Å². The molecule has 98 valence electrons. The molecule has 0 unspecified atom stereocenters. The molecule has 0 aliphatic carbocycles. The SMILES string of the molecule is Cc1noc(CN=C2NS(=O)(=O)c3ccccc32)n1. The predicted octanol–water partition coefficient (Wildman–Crippen LogP) is 0.617. The normalized spacial score (nSPS) is 18.3. The Morgan fingerprint density at radius 2 is 2.16 bits per heavy atom. The molecule has 0 bridgehead atoms. The minimum atomic E-state index is -3.50. The van der Waals surface area contributed by atoms with Gasteiger partial charge in [0.05, 0.1) is 4.90 Å². The van der Waals surface area contributed by atoms with Gasteiger partial charge in [-0.25, -0.2) is 8.42 Å². The average molecular weight is 278 g/mol. The highest BCUT2D eigenvalue weighted by atomic mass is 32.2. The van der Waals surface area contributed by atoms with Gasteiger partial charge in [-0.15, -0.1) is 0 Å². The number of aliphatic imine (C=N–C) groups is 1. The lowest BCUT2D eigenvalue weighted by atomic mass is 10.2. The summed E-state index contributed by atoms with van der Waals surface area (Å²) in [6, 6.07) is 6.66. The van der Waals surface area contributed by atoms with Crippen molar-refractivity contribution in [1.29, 1.82) is 0 Å². The molecule has 1 aromatic heterocycles. The fourth-order valence-corrected chi connectivity index (χ4v) is 3.05. The van der Waals surface area contributed by atoms with Gasteiger partial charge in [-0.05, 0) is 19.1 Å². The van der Waals surface area contributed by atoms with E-state index in [9.17, 15) is 8.42 Å². The summed E-state index contributed by atoms with van der Waals surface area (Å²) in [7, 11) is -3.50. The van der Waals surface area contributed by atoms with Gasteiger partial charge in [-0.3, -0.25) is 9.71 Å². The zero-order valence-corrected chi connectivity index (χ0v) is 10.8. The van der Waals surface area contributed by atoms with E-state index in [0.29, 0.717) is 23.1 Å². The standard InChI is InChI=1S/C11H10N4O3S/c1-7-13-10(18-14-7)6-12-11-8-4-2-3-5-9(8)19(16,17)15-11/h2-5H,6H2,1H3,(H,12,15). The van der Waals surface area contributed by atoms with Crippen molar-refractivity contribution >= 4 is 15.9 Å². The maximum Gasteiger partial charge on any atom is 0.263 e. The molecule has 3 rings (SSSR count). The second-order valence-electron chi connectivity index (χ2n) is 4.00. The second-order valence-corrected chi connectivity index (χ2v) is 5.65. The number of sulfonamides is 1. The third-order valence-corrected chi connectivity index (χ3v) is 4.00. The summed E-state index contributed by atoms with van der Waals surface area (Å²) < 4.78 is 31.0. The molecule has 0 amide bonds. The Kier molecular flexibility index (Phi) is 2.59. The predicted molar refractivity (Wildman–Crippen MR) is 66.0 cm³/mol. The number of aryl methyl sites for hydroxylation is 1. The Hall–Kier alpha value is -2.22. The van der Waals surface area contributed by atoms with E-state index in [1.807, 2.05) is 0 Å². The first-order valence-corrected chi connectivity index (χ1v) is 7.00. The van der Waals surface area contributed by atoms with Gasteiger partial charge in [-0.2, -0.15) is 4.98 Å². The van der Waals surface area contributed by atoms with Crippen molar-refractivity contribution in [3.05, 3.63) is 41.5 Å². The average Bonchev–Trinajstić information content (AvgIpc) is 2.90. The van der Waals surface area contributed by atoms with Crippen LogP contribution in [0.4, 0.5) is 0 Å². The Morgan fingerprint density at radius 3 is 2.89 bits per heavy atom. The summed E-state index contributed by atoms with van der Waals surface area (Å²) in [4.78, 5) is 8.41. The molecule has 0 spiro atoms. The van der Waals surface area contributed by atoms with Crippen molar-refractivity contribution in [2.45, 2.75) is 18.4 Å². The van der Waals surface area contributed by atoms with Crippen molar-refractivity contribution in [2.24, 2.45) is 4.99 Å². The largest absolute Gasteiger partial charge is 0.337 e. The van der Waals surface area contributed by atoms with Gasteiger partial charge in [0, 0.05) is 5.56 Å². The molecular weight excluding hydrogens is 268 g/mol. The fourth-order valence-electron chi connectivity index (χ4n) is 1.80. The van der Waals surface area contributed by atoms with E-state index < -0.39 is 10.0 Å². The topological polar surface area (TPSA) is 97.5 Å². The van der Waals surface area contributed by atoms with Crippen LogP contribution in [0.2, 0.25) is 0 Å².